The summed E-state index contributed by atoms with van der Waals surface area (Å²) in [7, 11) is 5.92. The molecule has 2 atom stereocenters. The Morgan fingerprint density at radius 1 is 0.330 bits per heavy atom. The molecule has 0 aromatic carbocycles. The Morgan fingerprint density at radius 2 is 0.593 bits per heavy atom. The van der Waals surface area contributed by atoms with Crippen molar-refractivity contribution in [1.82, 2.24) is 0 Å². The standard InChI is InChI=1S/C82H137NO8/c1-6-8-10-12-14-16-18-20-22-24-26-28-30-32-34-36-37-38-39-40-41-42-43-45-46-48-50-52-54-56-58-60-62-64-66-68-70-72-79(84)89-76-78(77-90-82(81(86)87)88-75-74-83(3,4)5)91-80(85)73-71-69-67-65-63-61-59-57-55-53-51-49-47-44-35-33-31-29-27-25-23-21-19-17-15-13-11-9-7-2/h8-11,14-17,20-23,26-29,33,35,47,49,53,55,59,61,78,82H,6-7,12-13,18-19,24-25,30-32,34,36-46,48,50-52,54,56-58,60,62-77H2,1-5H3/b10-8-,11-9-,16-14-,17-15-,22-20-,23-21-,28-26-,29-27-,35-33-,49-47-,55-53-,61-59-. The summed E-state index contributed by atoms with van der Waals surface area (Å²) in [5.74, 6) is -2.32. The summed E-state index contributed by atoms with van der Waals surface area (Å²) in [6.07, 6.45) is 101. The minimum Gasteiger partial charge on any atom is -0.545 e. The first-order valence-electron chi connectivity index (χ1n) is 37.0. The van der Waals surface area contributed by atoms with Gasteiger partial charge in [-0.3, -0.25) is 9.59 Å². The molecule has 0 bridgehead atoms. The topological polar surface area (TPSA) is 111 Å². The van der Waals surface area contributed by atoms with Gasteiger partial charge >= 0.3 is 11.9 Å². The Labute approximate surface area is 560 Å². The number of quaternary nitrogens is 1. The van der Waals surface area contributed by atoms with Gasteiger partial charge < -0.3 is 33.3 Å². The number of hydrogen-bond donors (Lipinski definition) is 0. The lowest BCUT2D eigenvalue weighted by atomic mass is 10.0. The van der Waals surface area contributed by atoms with E-state index in [1.54, 1.807) is 0 Å². The van der Waals surface area contributed by atoms with Crippen LogP contribution in [-0.2, 0) is 33.3 Å². The quantitative estimate of drug-likeness (QED) is 0.0195. The van der Waals surface area contributed by atoms with E-state index in [4.69, 9.17) is 18.9 Å². The van der Waals surface area contributed by atoms with E-state index in [2.05, 4.69) is 160 Å². The highest BCUT2D eigenvalue weighted by Gasteiger charge is 2.22. The largest absolute Gasteiger partial charge is 0.545 e. The van der Waals surface area contributed by atoms with Crippen LogP contribution in [0.25, 0.3) is 0 Å². The number of rotatable bonds is 67. The maximum Gasteiger partial charge on any atom is 0.306 e. The Balaban J connectivity index is 4.11. The summed E-state index contributed by atoms with van der Waals surface area (Å²) in [5.41, 5.74) is 0. The van der Waals surface area contributed by atoms with Gasteiger partial charge in [-0.25, -0.2) is 0 Å². The first-order chi connectivity index (χ1) is 44.6. The minimum atomic E-state index is -1.64. The monoisotopic (exact) mass is 1260 g/mol. The molecule has 0 radical (unpaired) electrons. The number of esters is 2. The van der Waals surface area contributed by atoms with E-state index in [0.29, 0.717) is 17.4 Å². The van der Waals surface area contributed by atoms with Crippen LogP contribution in [0.2, 0.25) is 0 Å². The van der Waals surface area contributed by atoms with Gasteiger partial charge in [-0.2, -0.15) is 0 Å². The summed E-state index contributed by atoms with van der Waals surface area (Å²) in [4.78, 5) is 37.5. The number of carboxylic acid groups (broad SMARTS) is 1. The predicted octanol–water partition coefficient (Wildman–Crippen LogP) is 22.1. The molecule has 0 aromatic rings. The molecule has 0 rings (SSSR count). The molecule has 2 unspecified atom stereocenters. The van der Waals surface area contributed by atoms with Crippen molar-refractivity contribution >= 4 is 17.9 Å². The maximum absolute atomic E-state index is 12.9. The van der Waals surface area contributed by atoms with E-state index in [0.717, 1.165) is 122 Å². The van der Waals surface area contributed by atoms with Crippen LogP contribution in [0, 0.1) is 0 Å². The van der Waals surface area contributed by atoms with Crippen LogP contribution in [0.4, 0.5) is 0 Å². The van der Waals surface area contributed by atoms with E-state index in [9.17, 15) is 19.5 Å². The molecule has 518 valence electrons. The van der Waals surface area contributed by atoms with Gasteiger partial charge in [-0.1, -0.05) is 314 Å². The van der Waals surface area contributed by atoms with Crippen molar-refractivity contribution in [3.8, 4) is 0 Å². The molecule has 9 nitrogen and oxygen atoms in total. The zero-order valence-electron chi connectivity index (χ0n) is 59.2. The van der Waals surface area contributed by atoms with Crippen molar-refractivity contribution in [3.05, 3.63) is 146 Å². The van der Waals surface area contributed by atoms with Crippen molar-refractivity contribution in [2.45, 2.75) is 309 Å². The molecule has 0 amide bonds. The second-order valence-electron chi connectivity index (χ2n) is 25.5. The van der Waals surface area contributed by atoms with Crippen molar-refractivity contribution < 1.29 is 42.9 Å². The van der Waals surface area contributed by atoms with E-state index < -0.39 is 24.3 Å². The molecule has 0 saturated heterocycles. The van der Waals surface area contributed by atoms with Gasteiger partial charge in [0.05, 0.1) is 40.3 Å². The van der Waals surface area contributed by atoms with Crippen molar-refractivity contribution in [2.75, 3.05) is 47.5 Å². The van der Waals surface area contributed by atoms with Crippen LogP contribution < -0.4 is 5.11 Å². The van der Waals surface area contributed by atoms with Crippen LogP contribution >= 0.6 is 0 Å². The van der Waals surface area contributed by atoms with E-state index in [1.807, 2.05) is 21.1 Å². The number of ether oxygens (including phenoxy) is 4. The van der Waals surface area contributed by atoms with Gasteiger partial charge in [-0.05, 0) is 116 Å². The number of aliphatic carboxylic acids is 1. The Bertz CT molecular complexity index is 2010. The highest BCUT2D eigenvalue weighted by molar-refractivity contribution is 5.70. The number of carbonyl (C=O) groups is 3. The third-order valence-corrected chi connectivity index (χ3v) is 15.6. The zero-order valence-corrected chi connectivity index (χ0v) is 59.2. The molecular weight excluding hydrogens is 1130 g/mol. The molecule has 91 heavy (non-hydrogen) atoms. The molecule has 0 spiro atoms. The smallest absolute Gasteiger partial charge is 0.306 e. The minimum absolute atomic E-state index is 0.136. The van der Waals surface area contributed by atoms with Crippen molar-refractivity contribution in [1.29, 1.82) is 0 Å². The molecule has 0 N–H and O–H groups in total. The molecule has 0 aliphatic rings. The van der Waals surface area contributed by atoms with E-state index >= 15 is 0 Å². The summed E-state index contributed by atoms with van der Waals surface area (Å²) in [6.45, 7) is 4.50. The zero-order chi connectivity index (χ0) is 66.1. The van der Waals surface area contributed by atoms with Gasteiger partial charge in [0, 0.05) is 12.8 Å². The number of carbonyl (C=O) groups excluding carboxylic acids is 3. The SMILES string of the molecule is CC/C=C\C/C=C\C/C=C\C/C=C\C/C=C\C/C=C\C/C=C\C/C=C\CCCCCCC(=O)OC(COC(=O)CCCCCCCCCCCCCCCCCCCCCCCCCC/C=C\C/C=C\C/C=C\C/C=C\CC)COC(OCC[N+](C)(C)C)C(=O)[O-]. The summed E-state index contributed by atoms with van der Waals surface area (Å²) in [5, 5.41) is 11.8. The van der Waals surface area contributed by atoms with E-state index in [1.165, 1.54) is 141 Å². The third-order valence-electron chi connectivity index (χ3n) is 15.6. The number of nitrogens with zero attached hydrogens (tertiary/aromatic N) is 1. The molecule has 0 aliphatic heterocycles. The molecule has 0 saturated carbocycles. The average Bonchev–Trinajstić information content (AvgIpc) is 3.66. The Morgan fingerprint density at radius 3 is 0.879 bits per heavy atom. The number of allylic oxidation sites excluding steroid dienone is 24. The molecule has 9 heteroatoms. The molecular formula is C82H137NO8. The number of likely N-dealkylation sites (N-methyl/N-ethyl adjacent to an activating group) is 1. The third kappa shape index (κ3) is 72.5. The van der Waals surface area contributed by atoms with Crippen molar-refractivity contribution in [3.63, 3.8) is 0 Å². The van der Waals surface area contributed by atoms with Gasteiger partial charge in [0.15, 0.2) is 12.4 Å². The molecule has 0 aromatic heterocycles. The van der Waals surface area contributed by atoms with Crippen LogP contribution in [0.3, 0.4) is 0 Å². The fourth-order valence-electron chi connectivity index (χ4n) is 10.0. The van der Waals surface area contributed by atoms with Gasteiger partial charge in [0.25, 0.3) is 0 Å². The second kappa shape index (κ2) is 71.0. The number of carboxylic acids is 1. The highest BCUT2D eigenvalue weighted by atomic mass is 16.7. The first kappa shape index (κ1) is 86.2. The number of hydrogen-bond acceptors (Lipinski definition) is 8. The lowest BCUT2D eigenvalue weighted by Gasteiger charge is -2.26. The average molecular weight is 1260 g/mol. The normalized spacial score (nSPS) is 13.5. The van der Waals surface area contributed by atoms with Gasteiger partial charge in [0.2, 0.25) is 0 Å². The predicted molar refractivity (Wildman–Crippen MR) is 389 cm³/mol. The fourth-order valence-corrected chi connectivity index (χ4v) is 10.0. The lowest BCUT2D eigenvalue weighted by molar-refractivity contribution is -0.870. The van der Waals surface area contributed by atoms with Crippen LogP contribution in [0.1, 0.15) is 296 Å². The second-order valence-corrected chi connectivity index (χ2v) is 25.5. The first-order valence-corrected chi connectivity index (χ1v) is 37.0. The van der Waals surface area contributed by atoms with Crippen LogP contribution in [0.15, 0.2) is 146 Å². The summed E-state index contributed by atoms with van der Waals surface area (Å²) >= 11 is 0. The summed E-state index contributed by atoms with van der Waals surface area (Å²) in [6, 6.07) is 0. The molecule has 0 heterocycles. The summed E-state index contributed by atoms with van der Waals surface area (Å²) < 4.78 is 22.8. The molecule has 0 fully saturated rings. The highest BCUT2D eigenvalue weighted by Crippen LogP contribution is 2.17. The Hall–Kier alpha value is -4.83. The van der Waals surface area contributed by atoms with Crippen molar-refractivity contribution in [2.24, 2.45) is 0 Å². The van der Waals surface area contributed by atoms with E-state index in [-0.39, 0.29) is 38.6 Å². The van der Waals surface area contributed by atoms with Gasteiger partial charge in [0.1, 0.15) is 13.2 Å². The number of unbranched alkanes of at least 4 members (excludes halogenated alkanes) is 28. The van der Waals surface area contributed by atoms with Gasteiger partial charge in [-0.15, -0.1) is 0 Å². The van der Waals surface area contributed by atoms with Crippen LogP contribution in [-0.4, -0.2) is 82.3 Å². The van der Waals surface area contributed by atoms with Crippen LogP contribution in [0.5, 0.6) is 0 Å². The molecule has 0 aliphatic carbocycles. The maximum atomic E-state index is 12.9. The fraction of sp³-hybridized carbons (Fsp3) is 0.671. The lowest BCUT2D eigenvalue weighted by Crippen LogP contribution is -2.44. The Kier molecular flexibility index (Phi) is 67.3.